The third-order valence-corrected chi connectivity index (χ3v) is 3.44. The molecule has 1 unspecified atom stereocenters. The Morgan fingerprint density at radius 2 is 1.83 bits per heavy atom. The van der Waals surface area contributed by atoms with Crippen molar-refractivity contribution in [2.24, 2.45) is 0 Å². The Bertz CT molecular complexity index is 552. The number of halogens is 2. The Morgan fingerprint density at radius 1 is 1.06 bits per heavy atom. The van der Waals surface area contributed by atoms with Gasteiger partial charge in [-0.25, -0.2) is 0 Å². The van der Waals surface area contributed by atoms with Gasteiger partial charge < -0.3 is 4.79 Å². The standard InChI is InChI=1S/C15H12Cl2O/c16-14-6-3-5-11(9-14)13(10-18)8-12-4-1-2-7-15(12)17/h1-7,9-10,13H,8H2. The van der Waals surface area contributed by atoms with Crippen LogP contribution in [0.25, 0.3) is 0 Å². The molecule has 2 aromatic carbocycles. The van der Waals surface area contributed by atoms with Crippen LogP contribution in [-0.4, -0.2) is 6.29 Å². The molecule has 0 aromatic heterocycles. The lowest BCUT2D eigenvalue weighted by Crippen LogP contribution is -2.04. The van der Waals surface area contributed by atoms with Crippen molar-refractivity contribution in [1.82, 2.24) is 0 Å². The number of benzene rings is 2. The van der Waals surface area contributed by atoms with E-state index in [0.29, 0.717) is 16.5 Å². The lowest BCUT2D eigenvalue weighted by molar-refractivity contribution is -0.109. The number of rotatable bonds is 4. The molecule has 1 nitrogen and oxygen atoms in total. The number of hydrogen-bond acceptors (Lipinski definition) is 1. The summed E-state index contributed by atoms with van der Waals surface area (Å²) < 4.78 is 0. The predicted octanol–water partition coefficient (Wildman–Crippen LogP) is 4.52. The quantitative estimate of drug-likeness (QED) is 0.752. The maximum absolute atomic E-state index is 11.2. The van der Waals surface area contributed by atoms with Gasteiger partial charge >= 0.3 is 0 Å². The molecule has 0 spiro atoms. The van der Waals surface area contributed by atoms with E-state index in [4.69, 9.17) is 23.2 Å². The summed E-state index contributed by atoms with van der Waals surface area (Å²) in [5, 5.41) is 1.32. The summed E-state index contributed by atoms with van der Waals surface area (Å²) in [6.45, 7) is 0. The molecule has 2 rings (SSSR count). The van der Waals surface area contributed by atoms with Gasteiger partial charge in [0.15, 0.2) is 0 Å². The van der Waals surface area contributed by atoms with Gasteiger partial charge in [-0.2, -0.15) is 0 Å². The maximum Gasteiger partial charge on any atom is 0.127 e. The molecule has 0 aliphatic rings. The molecule has 0 saturated heterocycles. The van der Waals surface area contributed by atoms with Gasteiger partial charge in [-0.3, -0.25) is 0 Å². The van der Waals surface area contributed by atoms with Crippen molar-refractivity contribution in [1.29, 1.82) is 0 Å². The highest BCUT2D eigenvalue weighted by atomic mass is 35.5. The molecule has 18 heavy (non-hydrogen) atoms. The largest absolute Gasteiger partial charge is 0.303 e. The zero-order chi connectivity index (χ0) is 13.0. The zero-order valence-corrected chi connectivity index (χ0v) is 11.2. The molecule has 1 atom stereocenters. The molecule has 0 amide bonds. The monoisotopic (exact) mass is 278 g/mol. The van der Waals surface area contributed by atoms with Crippen LogP contribution in [0.5, 0.6) is 0 Å². The highest BCUT2D eigenvalue weighted by Crippen LogP contribution is 2.25. The zero-order valence-electron chi connectivity index (χ0n) is 9.64. The van der Waals surface area contributed by atoms with Crippen LogP contribution in [0.2, 0.25) is 10.0 Å². The van der Waals surface area contributed by atoms with Crippen molar-refractivity contribution in [3.8, 4) is 0 Å². The van der Waals surface area contributed by atoms with E-state index in [0.717, 1.165) is 17.4 Å². The second kappa shape index (κ2) is 6.03. The number of carbonyl (C=O) groups is 1. The highest BCUT2D eigenvalue weighted by Gasteiger charge is 2.13. The van der Waals surface area contributed by atoms with E-state index in [2.05, 4.69) is 0 Å². The summed E-state index contributed by atoms with van der Waals surface area (Å²) in [5.74, 6) is -0.219. The second-order valence-corrected chi connectivity index (χ2v) is 4.94. The minimum absolute atomic E-state index is 0.219. The minimum Gasteiger partial charge on any atom is -0.303 e. The van der Waals surface area contributed by atoms with Crippen LogP contribution in [0.15, 0.2) is 48.5 Å². The number of aldehydes is 1. The van der Waals surface area contributed by atoms with Crippen LogP contribution in [-0.2, 0) is 11.2 Å². The molecule has 92 valence electrons. The van der Waals surface area contributed by atoms with Gasteiger partial charge in [-0.05, 0) is 35.7 Å². The molecule has 0 radical (unpaired) electrons. The molecule has 0 aliphatic heterocycles. The molecule has 2 aromatic rings. The topological polar surface area (TPSA) is 17.1 Å². The van der Waals surface area contributed by atoms with Crippen LogP contribution in [0.1, 0.15) is 17.0 Å². The fourth-order valence-electron chi connectivity index (χ4n) is 1.88. The van der Waals surface area contributed by atoms with Crippen LogP contribution in [0.4, 0.5) is 0 Å². The van der Waals surface area contributed by atoms with E-state index in [9.17, 15) is 4.79 Å². The smallest absolute Gasteiger partial charge is 0.127 e. The first-order valence-corrected chi connectivity index (χ1v) is 6.40. The van der Waals surface area contributed by atoms with E-state index in [1.807, 2.05) is 42.5 Å². The molecular formula is C15H12Cl2O. The fraction of sp³-hybridized carbons (Fsp3) is 0.133. The van der Waals surface area contributed by atoms with Gasteiger partial charge in [0.2, 0.25) is 0 Å². The first-order chi connectivity index (χ1) is 8.70. The number of hydrogen-bond donors (Lipinski definition) is 0. The van der Waals surface area contributed by atoms with E-state index in [-0.39, 0.29) is 5.92 Å². The lowest BCUT2D eigenvalue weighted by Gasteiger charge is -2.12. The Kier molecular flexibility index (Phi) is 4.40. The third-order valence-electron chi connectivity index (χ3n) is 2.84. The van der Waals surface area contributed by atoms with Gasteiger partial charge in [0.05, 0.1) is 0 Å². The van der Waals surface area contributed by atoms with Crippen LogP contribution in [0, 0.1) is 0 Å². The fourth-order valence-corrected chi connectivity index (χ4v) is 2.29. The summed E-state index contributed by atoms with van der Waals surface area (Å²) in [5.41, 5.74) is 1.88. The second-order valence-electron chi connectivity index (χ2n) is 4.09. The van der Waals surface area contributed by atoms with E-state index in [1.165, 1.54) is 0 Å². The summed E-state index contributed by atoms with van der Waals surface area (Å²) >= 11 is 12.0. The minimum atomic E-state index is -0.219. The van der Waals surface area contributed by atoms with Crippen molar-refractivity contribution in [3.05, 3.63) is 69.7 Å². The highest BCUT2D eigenvalue weighted by molar-refractivity contribution is 6.31. The van der Waals surface area contributed by atoms with Gasteiger partial charge in [0, 0.05) is 16.0 Å². The van der Waals surface area contributed by atoms with Gasteiger partial charge in [-0.15, -0.1) is 0 Å². The predicted molar refractivity (Wildman–Crippen MR) is 75.4 cm³/mol. The average molecular weight is 279 g/mol. The Hall–Kier alpha value is -1.31. The molecule has 3 heteroatoms. The van der Waals surface area contributed by atoms with Gasteiger partial charge in [-0.1, -0.05) is 53.5 Å². The normalized spacial score (nSPS) is 12.1. The maximum atomic E-state index is 11.2. The lowest BCUT2D eigenvalue weighted by atomic mass is 9.93. The molecule has 0 heterocycles. The first-order valence-electron chi connectivity index (χ1n) is 5.65. The van der Waals surface area contributed by atoms with Crippen molar-refractivity contribution in [3.63, 3.8) is 0 Å². The van der Waals surface area contributed by atoms with E-state index in [1.54, 1.807) is 6.07 Å². The average Bonchev–Trinajstić information content (AvgIpc) is 2.38. The third kappa shape index (κ3) is 3.12. The van der Waals surface area contributed by atoms with Crippen molar-refractivity contribution < 1.29 is 4.79 Å². The Morgan fingerprint density at radius 3 is 2.50 bits per heavy atom. The first kappa shape index (κ1) is 13.1. The molecule has 0 bridgehead atoms. The molecule has 0 saturated carbocycles. The summed E-state index contributed by atoms with van der Waals surface area (Å²) in [4.78, 5) is 11.2. The van der Waals surface area contributed by atoms with Gasteiger partial charge in [0.25, 0.3) is 0 Å². The van der Waals surface area contributed by atoms with Gasteiger partial charge in [0.1, 0.15) is 6.29 Å². The van der Waals surface area contributed by atoms with E-state index < -0.39 is 0 Å². The van der Waals surface area contributed by atoms with Crippen molar-refractivity contribution in [2.45, 2.75) is 12.3 Å². The summed E-state index contributed by atoms with van der Waals surface area (Å²) in [7, 11) is 0. The summed E-state index contributed by atoms with van der Waals surface area (Å²) in [6, 6.07) is 14.9. The molecule has 0 fully saturated rings. The van der Waals surface area contributed by atoms with E-state index >= 15 is 0 Å². The van der Waals surface area contributed by atoms with Crippen LogP contribution < -0.4 is 0 Å². The van der Waals surface area contributed by atoms with Crippen LogP contribution >= 0.6 is 23.2 Å². The molecular weight excluding hydrogens is 267 g/mol. The summed E-state index contributed by atoms with van der Waals surface area (Å²) in [6.07, 6.45) is 1.53. The molecule has 0 aliphatic carbocycles. The number of carbonyl (C=O) groups excluding carboxylic acids is 1. The molecule has 0 N–H and O–H groups in total. The van der Waals surface area contributed by atoms with Crippen molar-refractivity contribution in [2.75, 3.05) is 0 Å². The SMILES string of the molecule is O=CC(Cc1ccccc1Cl)c1cccc(Cl)c1. The Labute approximate surface area is 116 Å². The van der Waals surface area contributed by atoms with Crippen LogP contribution in [0.3, 0.4) is 0 Å². The Balaban J connectivity index is 2.25. The van der Waals surface area contributed by atoms with Crippen molar-refractivity contribution >= 4 is 29.5 Å².